The molecule has 0 fully saturated rings. The Kier molecular flexibility index (Phi) is 10.9. The van der Waals surface area contributed by atoms with Gasteiger partial charge in [0.15, 0.2) is 23.3 Å². The third-order valence-corrected chi connectivity index (χ3v) is 8.22. The zero-order chi connectivity index (χ0) is 34.2. The van der Waals surface area contributed by atoms with Crippen LogP contribution >= 0.6 is 23.4 Å². The Bertz CT molecular complexity index is 1990. The number of carbonyl (C=O) groups is 3. The van der Waals surface area contributed by atoms with Crippen LogP contribution in [-0.4, -0.2) is 17.7 Å². The standard InChI is InChI=1S/C36H24ClF4N3O3S/c37-24-14-7-9-21(17-24)18-29(43-34(45)23-12-5-2-6-13-23)35(46)42-25-15-8-16-26(19-25)48-33(22-10-3-1-4-11-22)36(47)44-32-30(40)27(38)20-28(39)31(32)41/h1-20,33H,(H,42,46)(H,43,45)(H,44,47)/b29-18-. The van der Waals surface area contributed by atoms with E-state index in [1.54, 1.807) is 109 Å². The lowest BCUT2D eigenvalue weighted by molar-refractivity contribution is -0.116. The van der Waals surface area contributed by atoms with E-state index in [0.29, 0.717) is 26.6 Å². The van der Waals surface area contributed by atoms with Gasteiger partial charge in [0.05, 0.1) is 0 Å². The summed E-state index contributed by atoms with van der Waals surface area (Å²) in [5.41, 5.74) is 0.239. The van der Waals surface area contributed by atoms with Crippen LogP contribution in [0.2, 0.25) is 5.02 Å². The first-order chi connectivity index (χ1) is 23.1. The van der Waals surface area contributed by atoms with Crippen molar-refractivity contribution in [3.8, 4) is 0 Å². The molecular formula is C36H24ClF4N3O3S. The Balaban J connectivity index is 1.40. The molecule has 3 N–H and O–H groups in total. The summed E-state index contributed by atoms with van der Waals surface area (Å²) in [5, 5.41) is 6.63. The average Bonchev–Trinajstić information content (AvgIpc) is 3.08. The molecule has 0 spiro atoms. The van der Waals surface area contributed by atoms with Crippen LogP contribution in [-0.2, 0) is 9.59 Å². The van der Waals surface area contributed by atoms with Crippen LogP contribution in [0.15, 0.2) is 126 Å². The highest BCUT2D eigenvalue weighted by molar-refractivity contribution is 8.00. The van der Waals surface area contributed by atoms with Gasteiger partial charge in [-0.1, -0.05) is 78.3 Å². The van der Waals surface area contributed by atoms with Crippen molar-refractivity contribution in [2.75, 3.05) is 10.6 Å². The van der Waals surface area contributed by atoms with E-state index in [0.717, 1.165) is 11.8 Å². The van der Waals surface area contributed by atoms with Gasteiger partial charge < -0.3 is 16.0 Å². The fourth-order valence-corrected chi connectivity index (χ4v) is 5.74. The second kappa shape index (κ2) is 15.5. The first kappa shape index (κ1) is 34.0. The number of thioether (sulfide) groups is 1. The third kappa shape index (κ3) is 8.49. The summed E-state index contributed by atoms with van der Waals surface area (Å²) in [7, 11) is 0. The van der Waals surface area contributed by atoms with Crippen molar-refractivity contribution in [2.24, 2.45) is 0 Å². The SMILES string of the molecule is O=C(Nc1cccc(SC(C(=O)Nc2c(F)c(F)cc(F)c2F)c2ccccc2)c1)/C(=C/c1cccc(Cl)c1)NC(=O)c1ccccc1. The lowest BCUT2D eigenvalue weighted by Crippen LogP contribution is -2.30. The van der Waals surface area contributed by atoms with Crippen molar-refractivity contribution >= 4 is 58.5 Å². The average molecular weight is 690 g/mol. The molecule has 12 heteroatoms. The Morgan fingerprint density at radius 1 is 0.708 bits per heavy atom. The minimum Gasteiger partial charge on any atom is -0.321 e. The Hall–Kier alpha value is -5.39. The molecule has 0 aliphatic rings. The molecule has 0 bridgehead atoms. The molecule has 5 aromatic rings. The van der Waals surface area contributed by atoms with Gasteiger partial charge in [0.1, 0.15) is 16.6 Å². The molecular weight excluding hydrogens is 666 g/mol. The monoisotopic (exact) mass is 689 g/mol. The van der Waals surface area contributed by atoms with Gasteiger partial charge in [-0.05, 0) is 59.7 Å². The minimum absolute atomic E-state index is 0.0479. The third-order valence-electron chi connectivity index (χ3n) is 6.73. The Morgan fingerprint density at radius 2 is 1.35 bits per heavy atom. The summed E-state index contributed by atoms with van der Waals surface area (Å²) in [4.78, 5) is 40.3. The van der Waals surface area contributed by atoms with Crippen molar-refractivity contribution in [3.63, 3.8) is 0 Å². The molecule has 1 unspecified atom stereocenters. The van der Waals surface area contributed by atoms with Gasteiger partial charge in [-0.2, -0.15) is 0 Å². The molecule has 1 atom stereocenters. The fraction of sp³-hybridized carbons (Fsp3) is 0.0278. The molecule has 0 radical (unpaired) electrons. The predicted molar refractivity (Wildman–Crippen MR) is 178 cm³/mol. The smallest absolute Gasteiger partial charge is 0.272 e. The largest absolute Gasteiger partial charge is 0.321 e. The molecule has 5 aromatic carbocycles. The summed E-state index contributed by atoms with van der Waals surface area (Å²) in [6.07, 6.45) is 1.46. The summed E-state index contributed by atoms with van der Waals surface area (Å²) >= 11 is 7.08. The van der Waals surface area contributed by atoms with Crippen LogP contribution < -0.4 is 16.0 Å². The second-order valence-electron chi connectivity index (χ2n) is 10.2. The number of carbonyl (C=O) groups excluding carboxylic acids is 3. The van der Waals surface area contributed by atoms with Gasteiger partial charge in [-0.25, -0.2) is 17.6 Å². The van der Waals surface area contributed by atoms with Gasteiger partial charge in [-0.15, -0.1) is 11.8 Å². The first-order valence-electron chi connectivity index (χ1n) is 14.2. The molecule has 0 aromatic heterocycles. The molecule has 0 saturated heterocycles. The van der Waals surface area contributed by atoms with Gasteiger partial charge in [-0.3, -0.25) is 14.4 Å². The van der Waals surface area contributed by atoms with Crippen LogP contribution in [0.1, 0.15) is 26.7 Å². The molecule has 0 heterocycles. The summed E-state index contributed by atoms with van der Waals surface area (Å²) in [5.74, 6) is -8.97. The Labute approximate surface area is 281 Å². The topological polar surface area (TPSA) is 87.3 Å². The molecule has 0 aliphatic carbocycles. The van der Waals surface area contributed by atoms with E-state index in [1.807, 2.05) is 5.32 Å². The zero-order valence-electron chi connectivity index (χ0n) is 24.6. The lowest BCUT2D eigenvalue weighted by Gasteiger charge is -2.18. The Morgan fingerprint density at radius 3 is 2.02 bits per heavy atom. The van der Waals surface area contributed by atoms with Crippen LogP contribution in [0.25, 0.3) is 6.08 Å². The van der Waals surface area contributed by atoms with Gasteiger partial charge in [0, 0.05) is 27.2 Å². The van der Waals surface area contributed by atoms with Crippen LogP contribution in [0.5, 0.6) is 0 Å². The number of hydrogen-bond acceptors (Lipinski definition) is 4. The summed E-state index contributed by atoms with van der Waals surface area (Å²) < 4.78 is 56.4. The van der Waals surface area contributed by atoms with Crippen LogP contribution in [0.3, 0.4) is 0 Å². The maximum Gasteiger partial charge on any atom is 0.272 e. The van der Waals surface area contributed by atoms with Crippen molar-refractivity contribution in [3.05, 3.63) is 166 Å². The van der Waals surface area contributed by atoms with E-state index in [1.165, 1.54) is 6.08 Å². The van der Waals surface area contributed by atoms with Gasteiger partial charge in [0.25, 0.3) is 11.8 Å². The molecule has 3 amide bonds. The zero-order valence-corrected chi connectivity index (χ0v) is 26.2. The van der Waals surface area contributed by atoms with E-state index < -0.39 is 51.9 Å². The summed E-state index contributed by atoms with van der Waals surface area (Å²) in [6.45, 7) is 0. The number of rotatable bonds is 10. The molecule has 0 aliphatic heterocycles. The lowest BCUT2D eigenvalue weighted by atomic mass is 10.1. The number of hydrogen-bond donors (Lipinski definition) is 3. The fourth-order valence-electron chi connectivity index (χ4n) is 4.46. The maximum atomic E-state index is 14.4. The van der Waals surface area contributed by atoms with Crippen LogP contribution in [0, 0.1) is 23.3 Å². The van der Waals surface area contributed by atoms with E-state index in [9.17, 15) is 31.9 Å². The van der Waals surface area contributed by atoms with Crippen LogP contribution in [0.4, 0.5) is 28.9 Å². The van der Waals surface area contributed by atoms with E-state index in [4.69, 9.17) is 11.6 Å². The quantitative estimate of drug-likeness (QED) is 0.0592. The van der Waals surface area contributed by atoms with Crippen molar-refractivity contribution in [1.82, 2.24) is 5.32 Å². The van der Waals surface area contributed by atoms with Gasteiger partial charge >= 0.3 is 0 Å². The number of halogens is 5. The second-order valence-corrected chi connectivity index (χ2v) is 11.8. The molecule has 6 nitrogen and oxygen atoms in total. The molecule has 48 heavy (non-hydrogen) atoms. The first-order valence-corrected chi connectivity index (χ1v) is 15.5. The highest BCUT2D eigenvalue weighted by Gasteiger charge is 2.27. The summed E-state index contributed by atoms with van der Waals surface area (Å²) in [6, 6.07) is 29.6. The number of nitrogens with one attached hydrogen (secondary N) is 3. The van der Waals surface area contributed by atoms with E-state index in [-0.39, 0.29) is 17.5 Å². The number of amides is 3. The highest BCUT2D eigenvalue weighted by atomic mass is 35.5. The molecule has 5 rings (SSSR count). The minimum atomic E-state index is -1.75. The highest BCUT2D eigenvalue weighted by Crippen LogP contribution is 2.38. The van der Waals surface area contributed by atoms with Crippen molar-refractivity contribution in [1.29, 1.82) is 0 Å². The van der Waals surface area contributed by atoms with E-state index in [2.05, 4.69) is 10.6 Å². The maximum absolute atomic E-state index is 14.4. The number of anilines is 2. The van der Waals surface area contributed by atoms with E-state index >= 15 is 0 Å². The number of benzene rings is 5. The van der Waals surface area contributed by atoms with Crippen molar-refractivity contribution in [2.45, 2.75) is 10.1 Å². The molecule has 242 valence electrons. The van der Waals surface area contributed by atoms with Crippen molar-refractivity contribution < 1.29 is 31.9 Å². The van der Waals surface area contributed by atoms with Gasteiger partial charge in [0.2, 0.25) is 5.91 Å². The predicted octanol–water partition coefficient (Wildman–Crippen LogP) is 8.78. The normalized spacial score (nSPS) is 11.8. The molecule has 0 saturated carbocycles.